The molecule has 1 N–H and O–H groups in total. The van der Waals surface area contributed by atoms with Crippen LogP contribution in [0.15, 0.2) is 0 Å². The molecule has 1 saturated carbocycles. The van der Waals surface area contributed by atoms with Gasteiger partial charge in [0, 0.05) is 7.11 Å². The molecule has 0 amide bonds. The summed E-state index contributed by atoms with van der Waals surface area (Å²) in [7, 11) is -1.75. The van der Waals surface area contributed by atoms with Gasteiger partial charge < -0.3 is 9.84 Å². The summed E-state index contributed by atoms with van der Waals surface area (Å²) >= 11 is 0. The van der Waals surface area contributed by atoms with E-state index in [1.165, 1.54) is 7.11 Å². The number of aliphatic hydroxyl groups is 1. The van der Waals surface area contributed by atoms with E-state index in [0.717, 1.165) is 12.8 Å². The first-order valence-corrected chi connectivity index (χ1v) is 7.54. The van der Waals surface area contributed by atoms with Crippen molar-refractivity contribution in [3.8, 4) is 6.07 Å². The first-order chi connectivity index (χ1) is 7.89. The Kier molecular flexibility index (Phi) is 2.97. The summed E-state index contributed by atoms with van der Waals surface area (Å²) in [6.45, 7) is 0.0285. The third kappa shape index (κ3) is 1.96. The van der Waals surface area contributed by atoms with Crippen LogP contribution in [0.4, 0.5) is 0 Å². The predicted molar refractivity (Wildman–Crippen MR) is 60.9 cm³/mol. The normalized spacial score (nSPS) is 35.1. The Labute approximate surface area is 101 Å². The molecule has 0 aromatic carbocycles. The van der Waals surface area contributed by atoms with Crippen molar-refractivity contribution in [1.29, 1.82) is 5.26 Å². The summed E-state index contributed by atoms with van der Waals surface area (Å²) in [5, 5.41) is 20.1. The van der Waals surface area contributed by atoms with E-state index in [4.69, 9.17) is 4.74 Å². The SMILES string of the molecule is COCC(O)(C1CC1)C1(C#N)CCS(=O)(=O)C1. The lowest BCUT2D eigenvalue weighted by atomic mass is 9.70. The molecule has 0 aromatic heterocycles. The molecule has 5 nitrogen and oxygen atoms in total. The van der Waals surface area contributed by atoms with Crippen molar-refractivity contribution in [3.63, 3.8) is 0 Å². The molecule has 1 saturated heterocycles. The summed E-state index contributed by atoms with van der Waals surface area (Å²) in [5.74, 6) is -0.262. The van der Waals surface area contributed by atoms with Crippen LogP contribution in [-0.4, -0.2) is 44.3 Å². The van der Waals surface area contributed by atoms with Crippen molar-refractivity contribution in [2.24, 2.45) is 11.3 Å². The molecule has 2 unspecified atom stereocenters. The van der Waals surface area contributed by atoms with Crippen LogP contribution in [0.3, 0.4) is 0 Å². The van der Waals surface area contributed by atoms with Gasteiger partial charge >= 0.3 is 0 Å². The Balaban J connectivity index is 2.37. The summed E-state index contributed by atoms with van der Waals surface area (Å²) in [5.41, 5.74) is -2.51. The van der Waals surface area contributed by atoms with E-state index >= 15 is 0 Å². The molecule has 1 aliphatic carbocycles. The lowest BCUT2D eigenvalue weighted by Crippen LogP contribution is -2.53. The van der Waals surface area contributed by atoms with Crippen LogP contribution in [0.1, 0.15) is 19.3 Å². The molecule has 96 valence electrons. The second-order valence-corrected chi connectivity index (χ2v) is 7.35. The fourth-order valence-corrected chi connectivity index (χ4v) is 4.82. The van der Waals surface area contributed by atoms with Crippen molar-refractivity contribution in [3.05, 3.63) is 0 Å². The standard InChI is InChI=1S/C11H17NO4S/c1-16-7-11(13,9-2-3-9)10(6-12)4-5-17(14,15)8-10/h9,13H,2-5,7-8H2,1H3. The molecule has 0 aromatic rings. The van der Waals surface area contributed by atoms with E-state index in [0.29, 0.717) is 0 Å². The van der Waals surface area contributed by atoms with E-state index in [2.05, 4.69) is 6.07 Å². The maximum Gasteiger partial charge on any atom is 0.152 e. The molecule has 0 spiro atoms. The maximum absolute atomic E-state index is 11.6. The molecular formula is C11H17NO4S. The Morgan fingerprint density at radius 2 is 2.24 bits per heavy atom. The lowest BCUT2D eigenvalue weighted by Gasteiger charge is -2.39. The highest BCUT2D eigenvalue weighted by Gasteiger charge is 2.62. The number of hydrogen-bond donors (Lipinski definition) is 1. The molecule has 2 aliphatic rings. The minimum absolute atomic E-state index is 0.00426. The van der Waals surface area contributed by atoms with Crippen LogP contribution in [0.2, 0.25) is 0 Å². The number of sulfone groups is 1. The molecule has 1 aliphatic heterocycles. The molecule has 17 heavy (non-hydrogen) atoms. The summed E-state index contributed by atoms with van der Waals surface area (Å²) in [6, 6.07) is 2.07. The van der Waals surface area contributed by atoms with Gasteiger partial charge in [0.25, 0.3) is 0 Å². The van der Waals surface area contributed by atoms with Gasteiger partial charge in [-0.15, -0.1) is 0 Å². The Morgan fingerprint density at radius 1 is 1.59 bits per heavy atom. The summed E-state index contributed by atoms with van der Waals surface area (Å²) in [6.07, 6.45) is 1.88. The van der Waals surface area contributed by atoms with Crippen LogP contribution in [0, 0.1) is 22.7 Å². The fraction of sp³-hybridized carbons (Fsp3) is 0.909. The van der Waals surface area contributed by atoms with Crippen molar-refractivity contribution >= 4 is 9.84 Å². The Morgan fingerprint density at radius 3 is 2.59 bits per heavy atom. The van der Waals surface area contributed by atoms with E-state index in [1.54, 1.807) is 0 Å². The van der Waals surface area contributed by atoms with Crippen LogP contribution < -0.4 is 0 Å². The zero-order valence-electron chi connectivity index (χ0n) is 9.85. The quantitative estimate of drug-likeness (QED) is 0.773. The number of hydrogen-bond acceptors (Lipinski definition) is 5. The minimum Gasteiger partial charge on any atom is -0.385 e. The highest BCUT2D eigenvalue weighted by molar-refractivity contribution is 7.91. The first-order valence-electron chi connectivity index (χ1n) is 5.72. The van der Waals surface area contributed by atoms with Crippen LogP contribution >= 0.6 is 0 Å². The first kappa shape index (κ1) is 12.8. The molecule has 1 heterocycles. The lowest BCUT2D eigenvalue weighted by molar-refractivity contribution is -0.109. The van der Waals surface area contributed by atoms with Gasteiger partial charge in [-0.25, -0.2) is 8.42 Å². The topological polar surface area (TPSA) is 87.4 Å². The molecule has 0 bridgehead atoms. The fourth-order valence-electron chi connectivity index (χ4n) is 2.80. The average Bonchev–Trinajstić information content (AvgIpc) is 3.04. The van der Waals surface area contributed by atoms with E-state index in [9.17, 15) is 18.8 Å². The monoisotopic (exact) mass is 259 g/mol. The van der Waals surface area contributed by atoms with Gasteiger partial charge in [0.15, 0.2) is 9.84 Å². The average molecular weight is 259 g/mol. The van der Waals surface area contributed by atoms with Gasteiger partial charge in [-0.3, -0.25) is 0 Å². The second kappa shape index (κ2) is 3.94. The van der Waals surface area contributed by atoms with Gasteiger partial charge in [0.05, 0.1) is 24.2 Å². The zero-order valence-corrected chi connectivity index (χ0v) is 10.7. The molecule has 2 rings (SSSR count). The maximum atomic E-state index is 11.6. The zero-order chi connectivity index (χ0) is 12.7. The van der Waals surface area contributed by atoms with Gasteiger partial charge in [-0.2, -0.15) is 5.26 Å². The Hall–Kier alpha value is -0.640. The van der Waals surface area contributed by atoms with Crippen LogP contribution in [0.5, 0.6) is 0 Å². The predicted octanol–water partition coefficient (Wildman–Crippen LogP) is 0.102. The van der Waals surface area contributed by atoms with Crippen molar-refractivity contribution in [1.82, 2.24) is 0 Å². The largest absolute Gasteiger partial charge is 0.385 e. The third-order valence-electron chi connectivity index (χ3n) is 3.97. The highest BCUT2D eigenvalue weighted by Crippen LogP contribution is 2.53. The van der Waals surface area contributed by atoms with Gasteiger partial charge in [0.1, 0.15) is 11.0 Å². The number of nitrogens with zero attached hydrogens (tertiary/aromatic N) is 1. The van der Waals surface area contributed by atoms with Crippen molar-refractivity contribution in [2.75, 3.05) is 25.2 Å². The molecule has 2 fully saturated rings. The molecule has 2 atom stereocenters. The smallest absolute Gasteiger partial charge is 0.152 e. The van der Waals surface area contributed by atoms with Gasteiger partial charge in [0.2, 0.25) is 0 Å². The number of nitriles is 1. The number of methoxy groups -OCH3 is 1. The third-order valence-corrected chi connectivity index (χ3v) is 5.72. The summed E-state index contributed by atoms with van der Waals surface area (Å²) in [4.78, 5) is 0. The minimum atomic E-state index is -3.21. The Bertz CT molecular complexity index is 451. The summed E-state index contributed by atoms with van der Waals surface area (Å²) < 4.78 is 28.2. The van der Waals surface area contributed by atoms with Crippen molar-refractivity contribution < 1.29 is 18.3 Å². The van der Waals surface area contributed by atoms with Crippen LogP contribution in [0.25, 0.3) is 0 Å². The number of rotatable bonds is 4. The number of ether oxygens (including phenoxy) is 1. The highest BCUT2D eigenvalue weighted by atomic mass is 32.2. The van der Waals surface area contributed by atoms with E-state index in [-0.39, 0.29) is 30.5 Å². The molecule has 0 radical (unpaired) electrons. The van der Waals surface area contributed by atoms with Crippen molar-refractivity contribution in [2.45, 2.75) is 24.9 Å². The van der Waals surface area contributed by atoms with E-state index < -0.39 is 20.9 Å². The van der Waals surface area contributed by atoms with Gasteiger partial charge in [-0.05, 0) is 25.2 Å². The molecular weight excluding hydrogens is 242 g/mol. The molecule has 6 heteroatoms. The van der Waals surface area contributed by atoms with E-state index in [1.807, 2.05) is 0 Å². The van der Waals surface area contributed by atoms with Gasteiger partial charge in [-0.1, -0.05) is 0 Å². The van der Waals surface area contributed by atoms with Crippen LogP contribution in [-0.2, 0) is 14.6 Å². The second-order valence-electron chi connectivity index (χ2n) is 5.17.